The first-order valence-electron chi connectivity index (χ1n) is 5.41. The summed E-state index contributed by atoms with van der Waals surface area (Å²) in [5.74, 6) is 0.485. The van der Waals surface area contributed by atoms with E-state index in [9.17, 15) is 4.79 Å². The third-order valence-corrected chi connectivity index (χ3v) is 2.29. The molecule has 0 aromatic carbocycles. The van der Waals surface area contributed by atoms with Crippen LogP contribution in [-0.4, -0.2) is 5.78 Å². The Bertz CT molecular complexity index is 219. The third-order valence-electron chi connectivity index (χ3n) is 2.29. The van der Waals surface area contributed by atoms with E-state index in [-0.39, 0.29) is 11.7 Å². The summed E-state index contributed by atoms with van der Waals surface area (Å²) >= 11 is 0. The van der Waals surface area contributed by atoms with E-state index in [4.69, 9.17) is 0 Å². The molecular weight excluding hydrogens is 172 g/mol. The molecule has 0 aliphatic carbocycles. The molecule has 1 nitrogen and oxygen atoms in total. The van der Waals surface area contributed by atoms with E-state index in [1.807, 2.05) is 13.0 Å². The van der Waals surface area contributed by atoms with Crippen LogP contribution in [0.25, 0.3) is 0 Å². The Morgan fingerprint density at radius 1 is 1.36 bits per heavy atom. The first-order chi connectivity index (χ1) is 6.61. The molecule has 0 saturated heterocycles. The van der Waals surface area contributed by atoms with Crippen LogP contribution in [0.1, 0.15) is 47.0 Å². The quantitative estimate of drug-likeness (QED) is 0.463. The van der Waals surface area contributed by atoms with Crippen LogP contribution in [0.5, 0.6) is 0 Å². The van der Waals surface area contributed by atoms with Crippen LogP contribution in [0.4, 0.5) is 0 Å². The van der Waals surface area contributed by atoms with Crippen molar-refractivity contribution in [1.29, 1.82) is 0 Å². The van der Waals surface area contributed by atoms with E-state index in [0.29, 0.717) is 0 Å². The van der Waals surface area contributed by atoms with E-state index in [1.165, 1.54) is 5.57 Å². The summed E-state index contributed by atoms with van der Waals surface area (Å²) < 4.78 is 0. The predicted molar refractivity (Wildman–Crippen MR) is 62.3 cm³/mol. The van der Waals surface area contributed by atoms with Gasteiger partial charge >= 0.3 is 0 Å². The number of carbonyl (C=O) groups is 1. The van der Waals surface area contributed by atoms with Gasteiger partial charge in [0.1, 0.15) is 0 Å². The molecule has 1 unspecified atom stereocenters. The van der Waals surface area contributed by atoms with Crippen molar-refractivity contribution in [3.63, 3.8) is 0 Å². The first kappa shape index (κ1) is 13.2. The average molecular weight is 194 g/mol. The SMILES string of the molecule is C/C=C\C(=O)C(CC)CCC=C(C)C. The molecule has 0 aliphatic rings. The summed E-state index contributed by atoms with van der Waals surface area (Å²) in [6, 6.07) is 0. The second-order valence-corrected chi connectivity index (χ2v) is 3.87. The van der Waals surface area contributed by atoms with Gasteiger partial charge in [0.15, 0.2) is 5.78 Å². The second-order valence-electron chi connectivity index (χ2n) is 3.87. The van der Waals surface area contributed by atoms with E-state index in [0.717, 1.165) is 19.3 Å². The van der Waals surface area contributed by atoms with E-state index >= 15 is 0 Å². The molecule has 0 heterocycles. The molecule has 0 spiro atoms. The molecule has 0 N–H and O–H groups in total. The molecule has 0 amide bonds. The van der Waals surface area contributed by atoms with Crippen LogP contribution in [0.3, 0.4) is 0 Å². The average Bonchev–Trinajstić information content (AvgIpc) is 2.12. The Kier molecular flexibility index (Phi) is 7.09. The highest BCUT2D eigenvalue weighted by atomic mass is 16.1. The highest BCUT2D eigenvalue weighted by Gasteiger charge is 2.11. The molecule has 0 bridgehead atoms. The van der Waals surface area contributed by atoms with Crippen molar-refractivity contribution in [3.05, 3.63) is 23.8 Å². The van der Waals surface area contributed by atoms with Crippen LogP contribution in [-0.2, 0) is 4.79 Å². The minimum atomic E-state index is 0.210. The maximum absolute atomic E-state index is 11.5. The third kappa shape index (κ3) is 5.74. The summed E-state index contributed by atoms with van der Waals surface area (Å²) in [6.45, 7) is 8.15. The number of allylic oxidation sites excluding steroid dienone is 4. The van der Waals surface area contributed by atoms with E-state index in [1.54, 1.807) is 6.08 Å². The number of ketones is 1. The lowest BCUT2D eigenvalue weighted by Crippen LogP contribution is -2.10. The summed E-state index contributed by atoms with van der Waals surface area (Å²) in [5, 5.41) is 0. The van der Waals surface area contributed by atoms with Gasteiger partial charge in [0.2, 0.25) is 0 Å². The Balaban J connectivity index is 4.03. The summed E-state index contributed by atoms with van der Waals surface area (Å²) in [5.41, 5.74) is 1.33. The molecule has 0 rings (SSSR count). The molecule has 1 atom stereocenters. The van der Waals surface area contributed by atoms with Gasteiger partial charge < -0.3 is 0 Å². The lowest BCUT2D eigenvalue weighted by molar-refractivity contribution is -0.118. The zero-order valence-corrected chi connectivity index (χ0v) is 9.84. The summed E-state index contributed by atoms with van der Waals surface area (Å²) in [6.07, 6.45) is 8.66. The summed E-state index contributed by atoms with van der Waals surface area (Å²) in [4.78, 5) is 11.5. The van der Waals surface area contributed by atoms with Gasteiger partial charge in [0.25, 0.3) is 0 Å². The normalized spacial score (nSPS) is 12.9. The zero-order valence-electron chi connectivity index (χ0n) is 9.84. The molecule has 1 heteroatoms. The van der Waals surface area contributed by atoms with Crippen molar-refractivity contribution >= 4 is 5.78 Å². The van der Waals surface area contributed by atoms with Gasteiger partial charge in [-0.15, -0.1) is 0 Å². The second kappa shape index (κ2) is 7.54. The highest BCUT2D eigenvalue weighted by molar-refractivity contribution is 5.91. The fourth-order valence-electron chi connectivity index (χ4n) is 1.42. The van der Waals surface area contributed by atoms with Crippen molar-refractivity contribution < 1.29 is 4.79 Å². The van der Waals surface area contributed by atoms with Gasteiger partial charge in [-0.2, -0.15) is 0 Å². The highest BCUT2D eigenvalue weighted by Crippen LogP contribution is 2.14. The Morgan fingerprint density at radius 2 is 2.00 bits per heavy atom. The Labute approximate surface area is 87.9 Å². The predicted octanol–water partition coefficient (Wildman–Crippen LogP) is 3.90. The molecule has 0 saturated carbocycles. The van der Waals surface area contributed by atoms with Crippen LogP contribution in [0.15, 0.2) is 23.8 Å². The smallest absolute Gasteiger partial charge is 0.158 e. The standard InChI is InChI=1S/C13H22O/c1-5-8-13(14)12(6-2)10-7-9-11(3)4/h5,8-9,12H,6-7,10H2,1-4H3/b8-5-. The maximum atomic E-state index is 11.5. The van der Waals surface area contributed by atoms with Gasteiger partial charge in [0, 0.05) is 5.92 Å². The van der Waals surface area contributed by atoms with Gasteiger partial charge in [-0.3, -0.25) is 4.79 Å². The van der Waals surface area contributed by atoms with Crippen molar-refractivity contribution in [1.82, 2.24) is 0 Å². The van der Waals surface area contributed by atoms with Gasteiger partial charge in [-0.05, 0) is 46.1 Å². The van der Waals surface area contributed by atoms with Crippen molar-refractivity contribution in [2.45, 2.75) is 47.0 Å². The monoisotopic (exact) mass is 194 g/mol. The lowest BCUT2D eigenvalue weighted by Gasteiger charge is -2.09. The topological polar surface area (TPSA) is 17.1 Å². The van der Waals surface area contributed by atoms with Crippen LogP contribution < -0.4 is 0 Å². The molecule has 0 aromatic rings. The summed E-state index contributed by atoms with van der Waals surface area (Å²) in [7, 11) is 0. The van der Waals surface area contributed by atoms with Gasteiger partial charge in [-0.25, -0.2) is 0 Å². The fourth-order valence-corrected chi connectivity index (χ4v) is 1.42. The zero-order chi connectivity index (χ0) is 11.0. The van der Waals surface area contributed by atoms with E-state index < -0.39 is 0 Å². The van der Waals surface area contributed by atoms with Crippen molar-refractivity contribution in [2.75, 3.05) is 0 Å². The number of hydrogen-bond donors (Lipinski definition) is 0. The van der Waals surface area contributed by atoms with Gasteiger partial charge in [0.05, 0.1) is 0 Å². The Hall–Kier alpha value is -0.850. The Morgan fingerprint density at radius 3 is 2.43 bits per heavy atom. The molecular formula is C13H22O. The van der Waals surface area contributed by atoms with Crippen LogP contribution in [0.2, 0.25) is 0 Å². The first-order valence-corrected chi connectivity index (χ1v) is 5.41. The number of carbonyl (C=O) groups excluding carboxylic acids is 1. The van der Waals surface area contributed by atoms with Crippen molar-refractivity contribution in [3.8, 4) is 0 Å². The number of hydrogen-bond acceptors (Lipinski definition) is 1. The molecule has 80 valence electrons. The van der Waals surface area contributed by atoms with Crippen LogP contribution in [0, 0.1) is 5.92 Å². The molecule has 0 aliphatic heterocycles. The minimum absolute atomic E-state index is 0.210. The van der Waals surface area contributed by atoms with Crippen molar-refractivity contribution in [2.24, 2.45) is 5.92 Å². The molecule has 0 fully saturated rings. The molecule has 14 heavy (non-hydrogen) atoms. The number of rotatable bonds is 6. The fraction of sp³-hybridized carbons (Fsp3) is 0.615. The molecule has 0 radical (unpaired) electrons. The van der Waals surface area contributed by atoms with Crippen LogP contribution >= 0.6 is 0 Å². The maximum Gasteiger partial charge on any atom is 0.158 e. The lowest BCUT2D eigenvalue weighted by atomic mass is 9.95. The van der Waals surface area contributed by atoms with E-state index in [2.05, 4.69) is 26.8 Å². The minimum Gasteiger partial charge on any atom is -0.295 e. The largest absolute Gasteiger partial charge is 0.295 e. The molecule has 0 aromatic heterocycles. The van der Waals surface area contributed by atoms with Gasteiger partial charge in [-0.1, -0.05) is 24.6 Å².